The molecule has 2 saturated heterocycles. The van der Waals surface area contributed by atoms with Crippen LogP contribution in [0.1, 0.15) is 59.3 Å². The summed E-state index contributed by atoms with van der Waals surface area (Å²) in [5, 5.41) is 12.5. The van der Waals surface area contributed by atoms with E-state index < -0.39 is 12.2 Å². The molecule has 0 aromatic carbocycles. The van der Waals surface area contributed by atoms with Gasteiger partial charge in [-0.15, -0.1) is 0 Å². The molecule has 0 bridgehead atoms. The molecule has 0 unspecified atom stereocenters. The second-order valence-electron chi connectivity index (χ2n) is 9.41. The standard InChI is InChI=1S/C21H33FN4O2/c1-20(2)17(19(28)25-9-5-4-6-10-25)7-8-21(20,3)24-13-18(27)26-14-15(22)11-16(26)12-23/h15-17,24H,4-11,13-14H2,1-3H3/t15-,16-,17+,21+/m0/s1. The van der Waals surface area contributed by atoms with Crippen molar-refractivity contribution in [3.8, 4) is 6.07 Å². The number of hydrogen-bond acceptors (Lipinski definition) is 4. The van der Waals surface area contributed by atoms with E-state index in [0.717, 1.165) is 38.8 Å². The molecule has 7 heteroatoms. The zero-order valence-corrected chi connectivity index (χ0v) is 17.3. The molecule has 4 atom stereocenters. The molecule has 1 aliphatic carbocycles. The van der Waals surface area contributed by atoms with Gasteiger partial charge in [-0.25, -0.2) is 4.39 Å². The lowest BCUT2D eigenvalue weighted by Crippen LogP contribution is -2.57. The van der Waals surface area contributed by atoms with Crippen LogP contribution in [0.2, 0.25) is 0 Å². The van der Waals surface area contributed by atoms with Crippen molar-refractivity contribution >= 4 is 11.8 Å². The van der Waals surface area contributed by atoms with Crippen molar-refractivity contribution < 1.29 is 14.0 Å². The first-order valence-corrected chi connectivity index (χ1v) is 10.6. The van der Waals surface area contributed by atoms with E-state index in [1.165, 1.54) is 11.3 Å². The second-order valence-corrected chi connectivity index (χ2v) is 9.41. The molecule has 2 aliphatic heterocycles. The number of likely N-dealkylation sites (tertiary alicyclic amines) is 2. The summed E-state index contributed by atoms with van der Waals surface area (Å²) >= 11 is 0. The third-order valence-corrected chi connectivity index (χ3v) is 7.54. The average Bonchev–Trinajstić information content (AvgIpc) is 3.17. The van der Waals surface area contributed by atoms with Crippen molar-refractivity contribution in [2.75, 3.05) is 26.2 Å². The molecule has 1 N–H and O–H groups in total. The van der Waals surface area contributed by atoms with Crippen LogP contribution in [0.25, 0.3) is 0 Å². The van der Waals surface area contributed by atoms with Gasteiger partial charge in [0.25, 0.3) is 0 Å². The summed E-state index contributed by atoms with van der Waals surface area (Å²) in [7, 11) is 0. The van der Waals surface area contributed by atoms with E-state index in [9.17, 15) is 14.0 Å². The van der Waals surface area contributed by atoms with E-state index in [4.69, 9.17) is 5.26 Å². The number of carbonyl (C=O) groups is 2. The van der Waals surface area contributed by atoms with E-state index in [-0.39, 0.29) is 48.2 Å². The lowest BCUT2D eigenvalue weighted by molar-refractivity contribution is -0.140. The lowest BCUT2D eigenvalue weighted by Gasteiger charge is -2.43. The van der Waals surface area contributed by atoms with Crippen LogP contribution < -0.4 is 5.32 Å². The zero-order chi connectivity index (χ0) is 20.5. The Morgan fingerprint density at radius 2 is 1.89 bits per heavy atom. The summed E-state index contributed by atoms with van der Waals surface area (Å²) in [6.45, 7) is 8.05. The molecule has 0 spiro atoms. The maximum atomic E-state index is 13.6. The number of amides is 2. The number of alkyl halides is 1. The van der Waals surface area contributed by atoms with Gasteiger partial charge in [-0.3, -0.25) is 9.59 Å². The first kappa shape index (κ1) is 21.0. The Morgan fingerprint density at radius 3 is 2.54 bits per heavy atom. The molecule has 28 heavy (non-hydrogen) atoms. The summed E-state index contributed by atoms with van der Waals surface area (Å²) in [4.78, 5) is 29.1. The SMILES string of the molecule is CC1(C)[C@@H](C(=O)N2CCCCC2)CC[C@@]1(C)NCC(=O)N1C[C@@H](F)C[C@H]1C#N. The smallest absolute Gasteiger partial charge is 0.237 e. The minimum Gasteiger partial charge on any atom is -0.342 e. The zero-order valence-electron chi connectivity index (χ0n) is 17.3. The summed E-state index contributed by atoms with van der Waals surface area (Å²) in [5.41, 5.74) is -0.667. The summed E-state index contributed by atoms with van der Waals surface area (Å²) in [6.07, 6.45) is 3.93. The number of hydrogen-bond donors (Lipinski definition) is 1. The molecular formula is C21H33FN4O2. The van der Waals surface area contributed by atoms with Crippen molar-refractivity contribution in [1.29, 1.82) is 5.26 Å². The first-order chi connectivity index (χ1) is 13.2. The largest absolute Gasteiger partial charge is 0.342 e. The van der Waals surface area contributed by atoms with Crippen LogP contribution in [0.3, 0.4) is 0 Å². The monoisotopic (exact) mass is 392 g/mol. The van der Waals surface area contributed by atoms with Gasteiger partial charge in [-0.05, 0) is 44.4 Å². The van der Waals surface area contributed by atoms with Gasteiger partial charge in [-0.1, -0.05) is 13.8 Å². The number of rotatable bonds is 4. The molecule has 3 rings (SSSR count). The van der Waals surface area contributed by atoms with E-state index >= 15 is 0 Å². The van der Waals surface area contributed by atoms with Crippen molar-refractivity contribution in [3.63, 3.8) is 0 Å². The Bertz CT molecular complexity index is 655. The molecule has 3 fully saturated rings. The maximum absolute atomic E-state index is 13.6. The fraction of sp³-hybridized carbons (Fsp3) is 0.857. The van der Waals surface area contributed by atoms with Crippen LogP contribution in [0.15, 0.2) is 0 Å². The molecule has 3 aliphatic rings. The topological polar surface area (TPSA) is 76.4 Å². The number of nitriles is 1. The van der Waals surface area contributed by atoms with Crippen LogP contribution in [0, 0.1) is 22.7 Å². The summed E-state index contributed by atoms with van der Waals surface area (Å²) < 4.78 is 13.6. The van der Waals surface area contributed by atoms with E-state index in [1.54, 1.807) is 0 Å². The fourth-order valence-corrected chi connectivity index (χ4v) is 5.14. The molecule has 0 aromatic heterocycles. The van der Waals surface area contributed by atoms with Gasteiger partial charge >= 0.3 is 0 Å². The Labute approximate surface area is 167 Å². The Kier molecular flexibility index (Phi) is 6.00. The second kappa shape index (κ2) is 7.98. The Morgan fingerprint density at radius 1 is 1.21 bits per heavy atom. The molecule has 1 saturated carbocycles. The number of halogens is 1. The van der Waals surface area contributed by atoms with Gasteiger partial charge in [0.2, 0.25) is 11.8 Å². The quantitative estimate of drug-likeness (QED) is 0.796. The van der Waals surface area contributed by atoms with Crippen LogP contribution in [-0.4, -0.2) is 65.5 Å². The third-order valence-electron chi connectivity index (χ3n) is 7.54. The molecule has 2 amide bonds. The minimum absolute atomic E-state index is 0.00504. The highest BCUT2D eigenvalue weighted by molar-refractivity contribution is 5.81. The van der Waals surface area contributed by atoms with Crippen LogP contribution >= 0.6 is 0 Å². The summed E-state index contributed by atoms with van der Waals surface area (Å²) in [6, 6.07) is 1.35. The van der Waals surface area contributed by atoms with E-state index in [0.29, 0.717) is 0 Å². The lowest BCUT2D eigenvalue weighted by atomic mass is 9.70. The molecule has 0 radical (unpaired) electrons. The number of carbonyl (C=O) groups excluding carboxylic acids is 2. The van der Waals surface area contributed by atoms with Crippen LogP contribution in [-0.2, 0) is 9.59 Å². The predicted molar refractivity (Wildman–Crippen MR) is 104 cm³/mol. The van der Waals surface area contributed by atoms with Crippen molar-refractivity contribution in [2.24, 2.45) is 11.3 Å². The molecular weight excluding hydrogens is 359 g/mol. The number of nitrogens with zero attached hydrogens (tertiary/aromatic N) is 3. The van der Waals surface area contributed by atoms with E-state index in [1.807, 2.05) is 11.0 Å². The molecule has 6 nitrogen and oxygen atoms in total. The van der Waals surface area contributed by atoms with Gasteiger partial charge in [0.15, 0.2) is 0 Å². The molecule has 0 aromatic rings. The van der Waals surface area contributed by atoms with Gasteiger partial charge in [0, 0.05) is 31.0 Å². The highest BCUT2D eigenvalue weighted by Gasteiger charge is 2.55. The maximum Gasteiger partial charge on any atom is 0.237 e. The van der Waals surface area contributed by atoms with Crippen LogP contribution in [0.4, 0.5) is 4.39 Å². The van der Waals surface area contributed by atoms with Gasteiger partial charge < -0.3 is 15.1 Å². The van der Waals surface area contributed by atoms with Crippen LogP contribution in [0.5, 0.6) is 0 Å². The first-order valence-electron chi connectivity index (χ1n) is 10.6. The molecule has 2 heterocycles. The van der Waals surface area contributed by atoms with Crippen molar-refractivity contribution in [2.45, 2.75) is 77.0 Å². The highest BCUT2D eigenvalue weighted by atomic mass is 19.1. The summed E-state index contributed by atoms with van der Waals surface area (Å²) in [5.74, 6) is -0.0625. The van der Waals surface area contributed by atoms with Gasteiger partial charge in [0.05, 0.1) is 19.2 Å². The molecule has 156 valence electrons. The fourth-order valence-electron chi connectivity index (χ4n) is 5.14. The Hall–Kier alpha value is -1.68. The van der Waals surface area contributed by atoms with Gasteiger partial charge in [-0.2, -0.15) is 5.26 Å². The van der Waals surface area contributed by atoms with Crippen molar-refractivity contribution in [1.82, 2.24) is 15.1 Å². The van der Waals surface area contributed by atoms with Gasteiger partial charge in [0.1, 0.15) is 12.2 Å². The van der Waals surface area contributed by atoms with Crippen molar-refractivity contribution in [3.05, 3.63) is 0 Å². The number of nitrogens with one attached hydrogen (secondary N) is 1. The predicted octanol–water partition coefficient (Wildman–Crippen LogP) is 2.25. The Balaban J connectivity index is 1.63. The minimum atomic E-state index is -1.13. The third kappa shape index (κ3) is 3.76. The average molecular weight is 393 g/mol. The normalized spacial score (nSPS) is 35.0. The highest BCUT2D eigenvalue weighted by Crippen LogP contribution is 2.50. The number of piperidine rings is 1. The van der Waals surface area contributed by atoms with E-state index in [2.05, 4.69) is 26.1 Å².